The Morgan fingerprint density at radius 3 is 2.43 bits per heavy atom. The third kappa shape index (κ3) is 5.09. The first kappa shape index (κ1) is 19.9. The average molecular weight is 388 g/mol. The molecule has 1 N–H and O–H groups in total. The number of hydrogen-bond donors (Lipinski definition) is 1. The van der Waals surface area contributed by atoms with Gasteiger partial charge in [0, 0.05) is 22.8 Å². The first-order valence-electron chi connectivity index (χ1n) is 9.45. The van der Waals surface area contributed by atoms with Crippen LogP contribution in [0.5, 0.6) is 0 Å². The van der Waals surface area contributed by atoms with Crippen LogP contribution in [0.1, 0.15) is 35.5 Å². The normalized spacial score (nSPS) is 11.5. The number of allylic oxidation sites excluding steroid dienone is 1. The lowest BCUT2D eigenvalue weighted by molar-refractivity contribution is 0.647. The number of hydrogen-bond acceptors (Lipinski definition) is 4. The van der Waals surface area contributed by atoms with Crippen molar-refractivity contribution in [1.29, 1.82) is 5.26 Å². The van der Waals surface area contributed by atoms with Crippen LogP contribution in [0.15, 0.2) is 54.0 Å². The molecule has 1 aromatic heterocycles. The Hall–Kier alpha value is -2.90. The van der Waals surface area contributed by atoms with Crippen LogP contribution in [0.3, 0.4) is 0 Å². The molecule has 3 rings (SSSR count). The van der Waals surface area contributed by atoms with Crippen molar-refractivity contribution in [3.05, 3.63) is 75.7 Å². The summed E-state index contributed by atoms with van der Waals surface area (Å²) in [5.41, 5.74) is 7.20. The maximum atomic E-state index is 9.58. The van der Waals surface area contributed by atoms with E-state index < -0.39 is 0 Å². The van der Waals surface area contributed by atoms with Gasteiger partial charge >= 0.3 is 0 Å². The summed E-state index contributed by atoms with van der Waals surface area (Å²) < 4.78 is 0. The van der Waals surface area contributed by atoms with Gasteiger partial charge < -0.3 is 5.32 Å². The molecule has 0 radical (unpaired) electrons. The van der Waals surface area contributed by atoms with Crippen LogP contribution in [0.4, 0.5) is 5.69 Å². The largest absolute Gasteiger partial charge is 0.360 e. The van der Waals surface area contributed by atoms with E-state index in [2.05, 4.69) is 86.5 Å². The van der Waals surface area contributed by atoms with E-state index in [1.807, 2.05) is 5.38 Å². The Balaban J connectivity index is 1.78. The highest BCUT2D eigenvalue weighted by molar-refractivity contribution is 7.11. The van der Waals surface area contributed by atoms with Gasteiger partial charge in [-0.3, -0.25) is 0 Å². The average Bonchev–Trinajstić information content (AvgIpc) is 3.11. The lowest BCUT2D eigenvalue weighted by atomic mass is 10.0. The minimum atomic E-state index is 0.534. The summed E-state index contributed by atoms with van der Waals surface area (Å²) in [6.07, 6.45) is 2.82. The molecule has 0 amide bonds. The second kappa shape index (κ2) is 8.86. The smallest absolute Gasteiger partial charge is 0.136 e. The number of rotatable bonds is 6. The molecule has 0 spiro atoms. The number of nitrogens with zero attached hydrogens (tertiary/aromatic N) is 2. The van der Waals surface area contributed by atoms with Crippen molar-refractivity contribution in [3.8, 4) is 17.3 Å². The zero-order chi connectivity index (χ0) is 20.1. The third-order valence-corrected chi connectivity index (χ3v) is 5.23. The van der Waals surface area contributed by atoms with E-state index in [-0.39, 0.29) is 0 Å². The number of nitrogens with one attached hydrogen (secondary N) is 1. The van der Waals surface area contributed by atoms with Crippen molar-refractivity contribution in [3.63, 3.8) is 0 Å². The van der Waals surface area contributed by atoms with E-state index >= 15 is 0 Å². The summed E-state index contributed by atoms with van der Waals surface area (Å²) in [6, 6.07) is 17.1. The molecule has 0 aliphatic rings. The van der Waals surface area contributed by atoms with Gasteiger partial charge in [-0.2, -0.15) is 5.26 Å². The fourth-order valence-electron chi connectivity index (χ4n) is 3.17. The van der Waals surface area contributed by atoms with E-state index in [0.717, 1.165) is 28.4 Å². The quantitative estimate of drug-likeness (QED) is 0.485. The fourth-order valence-corrected chi connectivity index (χ4v) is 3.96. The van der Waals surface area contributed by atoms with Gasteiger partial charge in [0.25, 0.3) is 0 Å². The summed E-state index contributed by atoms with van der Waals surface area (Å²) in [5, 5.41) is 15.5. The van der Waals surface area contributed by atoms with Crippen LogP contribution in [-0.4, -0.2) is 4.98 Å². The molecule has 0 unspecified atom stereocenters. The number of thiazole rings is 1. The van der Waals surface area contributed by atoms with Gasteiger partial charge in [0.05, 0.1) is 5.69 Å². The van der Waals surface area contributed by atoms with Crippen LogP contribution in [0, 0.1) is 31.1 Å². The molecule has 0 atom stereocenters. The molecule has 0 aliphatic carbocycles. The Kier molecular flexibility index (Phi) is 6.28. The molecular weight excluding hydrogens is 362 g/mol. The number of benzene rings is 2. The highest BCUT2D eigenvalue weighted by atomic mass is 32.1. The summed E-state index contributed by atoms with van der Waals surface area (Å²) in [4.78, 5) is 4.68. The SMILES string of the molecule is Cc1cc(C)cc(N/C=C(\C#N)c2nc(-c3ccc(CC(C)C)cc3)cs2)c1. The molecule has 1 heterocycles. The summed E-state index contributed by atoms with van der Waals surface area (Å²) in [5.74, 6) is 0.643. The van der Waals surface area contributed by atoms with Crippen molar-refractivity contribution in [2.24, 2.45) is 5.92 Å². The molecule has 3 aromatic rings. The van der Waals surface area contributed by atoms with Gasteiger partial charge in [0.15, 0.2) is 0 Å². The van der Waals surface area contributed by atoms with Crippen LogP contribution in [0.25, 0.3) is 16.8 Å². The number of aryl methyl sites for hydroxylation is 2. The zero-order valence-electron chi connectivity index (χ0n) is 16.8. The predicted octanol–water partition coefficient (Wildman–Crippen LogP) is 6.60. The molecule has 0 saturated carbocycles. The molecule has 3 nitrogen and oxygen atoms in total. The molecule has 0 saturated heterocycles. The Morgan fingerprint density at radius 1 is 1.14 bits per heavy atom. The lowest BCUT2D eigenvalue weighted by Gasteiger charge is -2.05. The van der Waals surface area contributed by atoms with Crippen LogP contribution in [0.2, 0.25) is 0 Å². The van der Waals surface area contributed by atoms with Gasteiger partial charge in [-0.15, -0.1) is 11.3 Å². The Morgan fingerprint density at radius 2 is 1.82 bits per heavy atom. The predicted molar refractivity (Wildman–Crippen MR) is 119 cm³/mol. The topological polar surface area (TPSA) is 48.7 Å². The Bertz CT molecular complexity index is 1000. The van der Waals surface area contributed by atoms with Gasteiger partial charge in [-0.1, -0.05) is 44.2 Å². The highest BCUT2D eigenvalue weighted by Gasteiger charge is 2.09. The molecular formula is C24H25N3S. The number of aromatic nitrogens is 1. The molecule has 0 aliphatic heterocycles. The molecule has 0 bridgehead atoms. The van der Waals surface area contributed by atoms with Crippen molar-refractivity contribution < 1.29 is 0 Å². The molecule has 28 heavy (non-hydrogen) atoms. The van der Waals surface area contributed by atoms with Gasteiger partial charge in [-0.25, -0.2) is 4.98 Å². The van der Waals surface area contributed by atoms with Crippen molar-refractivity contribution in [2.75, 3.05) is 5.32 Å². The standard InChI is InChI=1S/C24H25N3S/c1-16(2)9-19-5-7-20(8-6-19)23-15-28-24(27-23)21(13-25)14-26-22-11-17(3)10-18(4)12-22/h5-8,10-12,14-16,26H,9H2,1-4H3/b21-14+. The maximum absolute atomic E-state index is 9.58. The number of nitriles is 1. The van der Waals surface area contributed by atoms with E-state index in [4.69, 9.17) is 0 Å². The zero-order valence-corrected chi connectivity index (χ0v) is 17.6. The van der Waals surface area contributed by atoms with Crippen molar-refractivity contribution in [2.45, 2.75) is 34.1 Å². The van der Waals surface area contributed by atoms with Gasteiger partial charge in [0.1, 0.15) is 16.6 Å². The summed E-state index contributed by atoms with van der Waals surface area (Å²) in [7, 11) is 0. The summed E-state index contributed by atoms with van der Waals surface area (Å²) >= 11 is 1.49. The highest BCUT2D eigenvalue weighted by Crippen LogP contribution is 2.27. The maximum Gasteiger partial charge on any atom is 0.136 e. The van der Waals surface area contributed by atoms with Crippen molar-refractivity contribution in [1.82, 2.24) is 4.98 Å². The molecule has 2 aromatic carbocycles. The monoisotopic (exact) mass is 387 g/mol. The minimum absolute atomic E-state index is 0.534. The minimum Gasteiger partial charge on any atom is -0.360 e. The van der Waals surface area contributed by atoms with Gasteiger partial charge in [0.2, 0.25) is 0 Å². The van der Waals surface area contributed by atoms with Crippen molar-refractivity contribution >= 4 is 22.6 Å². The third-order valence-electron chi connectivity index (χ3n) is 4.35. The van der Waals surface area contributed by atoms with E-state index in [0.29, 0.717) is 11.5 Å². The summed E-state index contributed by atoms with van der Waals surface area (Å²) in [6.45, 7) is 8.57. The van der Waals surface area contributed by atoms with E-state index in [1.54, 1.807) is 6.20 Å². The Labute approximate surface area is 171 Å². The van der Waals surface area contributed by atoms with Crippen LogP contribution < -0.4 is 5.32 Å². The number of anilines is 1. The van der Waals surface area contributed by atoms with Crippen LogP contribution >= 0.6 is 11.3 Å². The second-order valence-corrected chi connectivity index (χ2v) is 8.38. The van der Waals surface area contributed by atoms with Gasteiger partial charge in [-0.05, 0) is 55.0 Å². The van der Waals surface area contributed by atoms with Crippen LogP contribution in [-0.2, 0) is 6.42 Å². The van der Waals surface area contributed by atoms with E-state index in [9.17, 15) is 5.26 Å². The fraction of sp³-hybridized carbons (Fsp3) is 0.250. The molecule has 4 heteroatoms. The molecule has 142 valence electrons. The molecule has 0 fully saturated rings. The lowest BCUT2D eigenvalue weighted by Crippen LogP contribution is -1.93. The first-order valence-corrected chi connectivity index (χ1v) is 10.3. The second-order valence-electron chi connectivity index (χ2n) is 7.52. The van der Waals surface area contributed by atoms with E-state index in [1.165, 1.54) is 28.0 Å². The first-order chi connectivity index (χ1) is 13.4.